The van der Waals surface area contributed by atoms with Gasteiger partial charge in [-0.15, -0.1) is 11.3 Å². The molecule has 1 amide bonds. The van der Waals surface area contributed by atoms with Crippen LogP contribution in [0.15, 0.2) is 60.0 Å². The van der Waals surface area contributed by atoms with Gasteiger partial charge in [0.2, 0.25) is 5.91 Å². The highest BCUT2D eigenvalue weighted by atomic mass is 32.1. The Balaban J connectivity index is 1.61. The maximum Gasteiger partial charge on any atom is 0.227 e. The normalized spacial score (nSPS) is 10.9. The van der Waals surface area contributed by atoms with E-state index in [0.29, 0.717) is 26.1 Å². The van der Waals surface area contributed by atoms with Crippen molar-refractivity contribution in [1.29, 1.82) is 0 Å². The molecule has 0 N–H and O–H groups in total. The highest BCUT2D eigenvalue weighted by molar-refractivity contribution is 7.09. The predicted octanol–water partition coefficient (Wildman–Crippen LogP) is 4.16. The molecule has 2 aromatic carbocycles. The minimum absolute atomic E-state index is 0.119. The average Bonchev–Trinajstić information content (AvgIpc) is 3.17. The molecule has 0 saturated heterocycles. The Bertz CT molecular complexity index is 940. The van der Waals surface area contributed by atoms with Crippen LogP contribution in [0.1, 0.15) is 21.8 Å². The molecule has 0 spiro atoms. The number of thiazole rings is 1. The standard InChI is InChI=1S/C24H29N3O2S/c1-19-8-7-11-22(14-19)29-17-23-25-21(18-30-23)16-27(13-12-26(2)3)24(28)15-20-9-5-4-6-10-20/h4-11,14,18H,12-13,15-17H2,1-3H3. The van der Waals surface area contributed by atoms with Gasteiger partial charge >= 0.3 is 0 Å². The number of aryl methyl sites for hydroxylation is 1. The van der Waals surface area contributed by atoms with Gasteiger partial charge in [0.25, 0.3) is 0 Å². The summed E-state index contributed by atoms with van der Waals surface area (Å²) in [6.07, 6.45) is 0.404. The number of rotatable bonds is 10. The van der Waals surface area contributed by atoms with Crippen LogP contribution in [0.5, 0.6) is 5.75 Å². The van der Waals surface area contributed by atoms with Crippen molar-refractivity contribution in [3.05, 3.63) is 81.8 Å². The number of carbonyl (C=O) groups excluding carboxylic acids is 1. The van der Waals surface area contributed by atoms with Crippen LogP contribution in [-0.4, -0.2) is 47.9 Å². The second kappa shape index (κ2) is 10.9. The van der Waals surface area contributed by atoms with Gasteiger partial charge in [-0.2, -0.15) is 0 Å². The molecule has 0 aliphatic rings. The minimum Gasteiger partial charge on any atom is -0.486 e. The molecule has 0 saturated carbocycles. The summed E-state index contributed by atoms with van der Waals surface area (Å²) in [6.45, 7) is 4.48. The third kappa shape index (κ3) is 6.97. The lowest BCUT2D eigenvalue weighted by molar-refractivity contribution is -0.131. The first-order valence-corrected chi connectivity index (χ1v) is 11.0. The molecule has 0 unspecified atom stereocenters. The largest absolute Gasteiger partial charge is 0.486 e. The number of hydrogen-bond acceptors (Lipinski definition) is 5. The van der Waals surface area contributed by atoms with Gasteiger partial charge in [0.15, 0.2) is 0 Å². The van der Waals surface area contributed by atoms with Gasteiger partial charge in [-0.05, 0) is 44.3 Å². The number of amides is 1. The number of likely N-dealkylation sites (N-methyl/N-ethyl adjacent to an activating group) is 1. The minimum atomic E-state index is 0.119. The molecule has 30 heavy (non-hydrogen) atoms. The van der Waals surface area contributed by atoms with Crippen molar-refractivity contribution < 1.29 is 9.53 Å². The Morgan fingerprint density at radius 1 is 1.07 bits per heavy atom. The van der Waals surface area contributed by atoms with Gasteiger partial charge in [0, 0.05) is 18.5 Å². The third-order valence-corrected chi connectivity index (χ3v) is 5.54. The topological polar surface area (TPSA) is 45.7 Å². The van der Waals surface area contributed by atoms with E-state index in [-0.39, 0.29) is 5.91 Å². The fourth-order valence-electron chi connectivity index (χ4n) is 3.03. The molecular weight excluding hydrogens is 394 g/mol. The molecule has 1 heterocycles. The first-order chi connectivity index (χ1) is 14.5. The second-order valence-electron chi connectivity index (χ2n) is 7.62. The van der Waals surface area contributed by atoms with Crippen molar-refractivity contribution in [2.45, 2.75) is 26.5 Å². The number of hydrogen-bond donors (Lipinski definition) is 0. The summed E-state index contributed by atoms with van der Waals surface area (Å²) in [6, 6.07) is 17.9. The molecule has 0 fully saturated rings. The van der Waals surface area contributed by atoms with E-state index < -0.39 is 0 Å². The average molecular weight is 424 g/mol. The van der Waals surface area contributed by atoms with Crippen LogP contribution in [0, 0.1) is 6.92 Å². The number of ether oxygens (including phenoxy) is 1. The molecule has 3 rings (SSSR count). The highest BCUT2D eigenvalue weighted by Crippen LogP contribution is 2.18. The van der Waals surface area contributed by atoms with Gasteiger partial charge in [-0.25, -0.2) is 4.98 Å². The van der Waals surface area contributed by atoms with Crippen molar-refractivity contribution in [2.24, 2.45) is 0 Å². The van der Waals surface area contributed by atoms with Crippen molar-refractivity contribution in [3.63, 3.8) is 0 Å². The van der Waals surface area contributed by atoms with Crippen LogP contribution in [0.2, 0.25) is 0 Å². The van der Waals surface area contributed by atoms with Crippen molar-refractivity contribution in [2.75, 3.05) is 27.2 Å². The van der Waals surface area contributed by atoms with Crippen LogP contribution in [0.25, 0.3) is 0 Å². The van der Waals surface area contributed by atoms with Crippen LogP contribution in [0.4, 0.5) is 0 Å². The Hall–Kier alpha value is -2.70. The summed E-state index contributed by atoms with van der Waals surface area (Å²) in [7, 11) is 4.03. The zero-order chi connectivity index (χ0) is 21.3. The van der Waals surface area contributed by atoms with Crippen LogP contribution in [0.3, 0.4) is 0 Å². The zero-order valence-corrected chi connectivity index (χ0v) is 18.7. The second-order valence-corrected chi connectivity index (χ2v) is 8.56. The summed E-state index contributed by atoms with van der Waals surface area (Å²) in [5.41, 5.74) is 3.10. The van der Waals surface area contributed by atoms with Crippen LogP contribution in [-0.2, 0) is 24.4 Å². The lowest BCUT2D eigenvalue weighted by Gasteiger charge is -2.24. The van der Waals surface area contributed by atoms with Gasteiger partial charge < -0.3 is 14.5 Å². The van der Waals surface area contributed by atoms with E-state index in [9.17, 15) is 4.79 Å². The fraction of sp³-hybridized carbons (Fsp3) is 0.333. The van der Waals surface area contributed by atoms with Gasteiger partial charge in [-0.3, -0.25) is 4.79 Å². The highest BCUT2D eigenvalue weighted by Gasteiger charge is 2.16. The first-order valence-electron chi connectivity index (χ1n) is 10.1. The molecule has 0 atom stereocenters. The quantitative estimate of drug-likeness (QED) is 0.491. The van der Waals surface area contributed by atoms with Crippen LogP contribution >= 0.6 is 11.3 Å². The summed E-state index contributed by atoms with van der Waals surface area (Å²) in [4.78, 5) is 21.6. The summed E-state index contributed by atoms with van der Waals surface area (Å²) in [5.74, 6) is 0.964. The van der Waals surface area contributed by atoms with E-state index in [1.165, 1.54) is 5.56 Å². The number of aromatic nitrogens is 1. The summed E-state index contributed by atoms with van der Waals surface area (Å²) < 4.78 is 5.86. The Labute approximate surface area is 182 Å². The number of benzene rings is 2. The molecule has 0 aliphatic carbocycles. The van der Waals surface area contributed by atoms with Gasteiger partial charge in [-0.1, -0.05) is 42.5 Å². The third-order valence-electron chi connectivity index (χ3n) is 4.67. The Morgan fingerprint density at radius 2 is 1.87 bits per heavy atom. The van der Waals surface area contributed by atoms with E-state index >= 15 is 0 Å². The Kier molecular flexibility index (Phi) is 7.99. The summed E-state index contributed by atoms with van der Waals surface area (Å²) in [5, 5.41) is 2.93. The molecule has 1 aromatic heterocycles. The SMILES string of the molecule is Cc1cccc(OCc2nc(CN(CCN(C)C)C(=O)Cc3ccccc3)cs2)c1. The predicted molar refractivity (Wildman–Crippen MR) is 122 cm³/mol. The lowest BCUT2D eigenvalue weighted by atomic mass is 10.1. The molecular formula is C24H29N3O2S. The fourth-order valence-corrected chi connectivity index (χ4v) is 3.72. The van der Waals surface area contributed by atoms with Crippen molar-refractivity contribution in [1.82, 2.24) is 14.8 Å². The monoisotopic (exact) mass is 423 g/mol. The maximum absolute atomic E-state index is 12.9. The smallest absolute Gasteiger partial charge is 0.227 e. The maximum atomic E-state index is 12.9. The van der Waals surface area contributed by atoms with E-state index in [2.05, 4.69) is 4.90 Å². The van der Waals surface area contributed by atoms with E-state index in [1.807, 2.05) is 85.9 Å². The molecule has 0 bridgehead atoms. The number of nitrogens with zero attached hydrogens (tertiary/aromatic N) is 3. The number of carbonyl (C=O) groups is 1. The molecule has 158 valence electrons. The summed E-state index contributed by atoms with van der Waals surface area (Å²) >= 11 is 1.57. The van der Waals surface area contributed by atoms with Crippen molar-refractivity contribution >= 4 is 17.2 Å². The molecule has 3 aromatic rings. The first kappa shape index (κ1) is 22.0. The van der Waals surface area contributed by atoms with E-state index in [1.54, 1.807) is 11.3 Å². The zero-order valence-electron chi connectivity index (χ0n) is 17.9. The van der Waals surface area contributed by atoms with Gasteiger partial charge in [0.1, 0.15) is 17.4 Å². The van der Waals surface area contributed by atoms with Gasteiger partial charge in [0.05, 0.1) is 18.7 Å². The molecule has 0 aliphatic heterocycles. The van der Waals surface area contributed by atoms with Crippen molar-refractivity contribution in [3.8, 4) is 5.75 Å². The lowest BCUT2D eigenvalue weighted by Crippen LogP contribution is -2.37. The molecule has 5 nitrogen and oxygen atoms in total. The Morgan fingerprint density at radius 3 is 2.60 bits per heavy atom. The van der Waals surface area contributed by atoms with Crippen LogP contribution < -0.4 is 4.74 Å². The molecule has 6 heteroatoms. The van der Waals surface area contributed by atoms with E-state index in [0.717, 1.165) is 28.6 Å². The molecule has 0 radical (unpaired) electrons. The van der Waals surface area contributed by atoms with E-state index in [4.69, 9.17) is 9.72 Å².